The van der Waals surface area contributed by atoms with Gasteiger partial charge in [0.1, 0.15) is 0 Å². The molecule has 2 heteroatoms. The molecule has 0 aromatic carbocycles. The summed E-state index contributed by atoms with van der Waals surface area (Å²) < 4.78 is 0. The van der Waals surface area contributed by atoms with Crippen LogP contribution in [0.4, 0.5) is 0 Å². The van der Waals surface area contributed by atoms with Gasteiger partial charge in [0.25, 0.3) is 0 Å². The van der Waals surface area contributed by atoms with Crippen molar-refractivity contribution in [3.8, 4) is 0 Å². The summed E-state index contributed by atoms with van der Waals surface area (Å²) in [7, 11) is 2.28. The van der Waals surface area contributed by atoms with Crippen LogP contribution >= 0.6 is 0 Å². The average Bonchev–Trinajstić information content (AvgIpc) is 2.69. The molecular formula is C13H26N2. The van der Waals surface area contributed by atoms with Gasteiger partial charge in [-0.3, -0.25) is 0 Å². The fourth-order valence-electron chi connectivity index (χ4n) is 3.26. The van der Waals surface area contributed by atoms with Crippen LogP contribution in [0.5, 0.6) is 0 Å². The van der Waals surface area contributed by atoms with Gasteiger partial charge < -0.3 is 10.2 Å². The molecule has 2 atom stereocenters. The Hall–Kier alpha value is -0.0800. The van der Waals surface area contributed by atoms with Gasteiger partial charge in [-0.2, -0.15) is 0 Å². The number of fused-ring (bicyclic) bond motifs is 1. The zero-order valence-corrected chi connectivity index (χ0v) is 10.3. The SMILES string of the molecule is CCCNCCN(C)CC1C2CCCC21. The van der Waals surface area contributed by atoms with E-state index in [4.69, 9.17) is 0 Å². The van der Waals surface area contributed by atoms with Gasteiger partial charge in [0, 0.05) is 19.6 Å². The van der Waals surface area contributed by atoms with Crippen LogP contribution in [0.2, 0.25) is 0 Å². The second-order valence-corrected chi connectivity index (χ2v) is 5.43. The van der Waals surface area contributed by atoms with Crippen molar-refractivity contribution in [3.05, 3.63) is 0 Å². The Morgan fingerprint density at radius 1 is 1.20 bits per heavy atom. The molecule has 0 spiro atoms. The van der Waals surface area contributed by atoms with Crippen molar-refractivity contribution in [3.63, 3.8) is 0 Å². The lowest BCUT2D eigenvalue weighted by Gasteiger charge is -2.17. The molecule has 2 fully saturated rings. The molecule has 2 aliphatic rings. The molecule has 0 aromatic heterocycles. The van der Waals surface area contributed by atoms with Crippen LogP contribution in [0.15, 0.2) is 0 Å². The molecular weight excluding hydrogens is 184 g/mol. The molecule has 0 radical (unpaired) electrons. The van der Waals surface area contributed by atoms with E-state index in [9.17, 15) is 0 Å². The molecule has 0 saturated heterocycles. The normalized spacial score (nSPS) is 33.4. The number of hydrogen-bond acceptors (Lipinski definition) is 2. The van der Waals surface area contributed by atoms with Crippen molar-refractivity contribution in [2.24, 2.45) is 17.8 Å². The monoisotopic (exact) mass is 210 g/mol. The topological polar surface area (TPSA) is 15.3 Å². The zero-order valence-electron chi connectivity index (χ0n) is 10.3. The van der Waals surface area contributed by atoms with Crippen LogP contribution < -0.4 is 5.32 Å². The fourth-order valence-corrected chi connectivity index (χ4v) is 3.26. The molecule has 0 aliphatic heterocycles. The van der Waals surface area contributed by atoms with Gasteiger partial charge in [-0.05, 0) is 50.6 Å². The van der Waals surface area contributed by atoms with Crippen LogP contribution in [0.25, 0.3) is 0 Å². The molecule has 2 rings (SSSR count). The third-order valence-electron chi connectivity index (χ3n) is 4.20. The molecule has 88 valence electrons. The maximum absolute atomic E-state index is 3.47. The minimum atomic E-state index is 1.06. The Kier molecular flexibility index (Phi) is 4.04. The Bertz CT molecular complexity index is 183. The lowest BCUT2D eigenvalue weighted by atomic mass is 10.1. The van der Waals surface area contributed by atoms with Crippen LogP contribution in [0, 0.1) is 17.8 Å². The summed E-state index contributed by atoms with van der Waals surface area (Å²) >= 11 is 0. The van der Waals surface area contributed by atoms with Crippen molar-refractivity contribution in [2.45, 2.75) is 32.6 Å². The predicted octanol–water partition coefficient (Wildman–Crippen LogP) is 1.96. The molecule has 15 heavy (non-hydrogen) atoms. The molecule has 2 aliphatic carbocycles. The Morgan fingerprint density at radius 3 is 2.60 bits per heavy atom. The van der Waals surface area contributed by atoms with E-state index in [1.54, 1.807) is 0 Å². The van der Waals surface area contributed by atoms with E-state index in [1.807, 2.05) is 0 Å². The first-order chi connectivity index (χ1) is 7.33. The number of likely N-dealkylation sites (N-methyl/N-ethyl adjacent to an activating group) is 1. The first-order valence-electron chi connectivity index (χ1n) is 6.72. The highest BCUT2D eigenvalue weighted by Crippen LogP contribution is 2.57. The summed E-state index contributed by atoms with van der Waals surface area (Å²) in [6.07, 6.45) is 5.80. The van der Waals surface area contributed by atoms with Gasteiger partial charge in [-0.1, -0.05) is 13.3 Å². The molecule has 2 nitrogen and oxygen atoms in total. The van der Waals surface area contributed by atoms with Crippen molar-refractivity contribution in [1.82, 2.24) is 10.2 Å². The molecule has 0 amide bonds. The van der Waals surface area contributed by atoms with E-state index in [1.165, 1.54) is 45.3 Å². The quantitative estimate of drug-likeness (QED) is 0.646. The van der Waals surface area contributed by atoms with Crippen molar-refractivity contribution < 1.29 is 0 Å². The highest BCUT2D eigenvalue weighted by molar-refractivity contribution is 5.01. The van der Waals surface area contributed by atoms with Crippen molar-refractivity contribution in [1.29, 1.82) is 0 Å². The zero-order chi connectivity index (χ0) is 10.7. The number of nitrogens with zero attached hydrogens (tertiary/aromatic N) is 1. The molecule has 1 N–H and O–H groups in total. The van der Waals surface area contributed by atoms with Gasteiger partial charge in [-0.25, -0.2) is 0 Å². The summed E-state index contributed by atoms with van der Waals surface area (Å²) in [4.78, 5) is 2.52. The largest absolute Gasteiger partial charge is 0.315 e. The fraction of sp³-hybridized carbons (Fsp3) is 1.00. The Morgan fingerprint density at radius 2 is 1.93 bits per heavy atom. The molecule has 0 aromatic rings. The van der Waals surface area contributed by atoms with Crippen LogP contribution in [0.3, 0.4) is 0 Å². The second kappa shape index (κ2) is 5.31. The third kappa shape index (κ3) is 2.94. The van der Waals surface area contributed by atoms with E-state index in [2.05, 4.69) is 24.2 Å². The van der Waals surface area contributed by atoms with Crippen molar-refractivity contribution in [2.75, 3.05) is 33.2 Å². The van der Waals surface area contributed by atoms with E-state index in [0.29, 0.717) is 0 Å². The van der Waals surface area contributed by atoms with Gasteiger partial charge >= 0.3 is 0 Å². The van der Waals surface area contributed by atoms with E-state index >= 15 is 0 Å². The Labute approximate surface area is 94.4 Å². The predicted molar refractivity (Wildman–Crippen MR) is 65.0 cm³/mol. The standard InChI is InChI=1S/C13H26N2/c1-3-7-14-8-9-15(2)10-13-11-5-4-6-12(11)13/h11-14H,3-10H2,1-2H3. The van der Waals surface area contributed by atoms with Crippen LogP contribution in [-0.4, -0.2) is 38.1 Å². The maximum Gasteiger partial charge on any atom is 0.0104 e. The summed E-state index contributed by atoms with van der Waals surface area (Å²) in [5.41, 5.74) is 0. The van der Waals surface area contributed by atoms with Crippen LogP contribution in [-0.2, 0) is 0 Å². The highest BCUT2D eigenvalue weighted by atomic mass is 15.1. The highest BCUT2D eigenvalue weighted by Gasteiger charge is 2.52. The minimum absolute atomic E-state index is 1.06. The van der Waals surface area contributed by atoms with Gasteiger partial charge in [-0.15, -0.1) is 0 Å². The molecule has 2 unspecified atom stereocenters. The summed E-state index contributed by atoms with van der Waals surface area (Å²) in [5.74, 6) is 3.31. The van der Waals surface area contributed by atoms with Gasteiger partial charge in [0.05, 0.1) is 0 Å². The lowest BCUT2D eigenvalue weighted by Crippen LogP contribution is -2.31. The van der Waals surface area contributed by atoms with E-state index < -0.39 is 0 Å². The molecule has 0 heterocycles. The Balaban J connectivity index is 1.52. The van der Waals surface area contributed by atoms with E-state index in [0.717, 1.165) is 24.3 Å². The second-order valence-electron chi connectivity index (χ2n) is 5.43. The third-order valence-corrected chi connectivity index (χ3v) is 4.20. The molecule has 0 bridgehead atoms. The smallest absolute Gasteiger partial charge is 0.0104 e. The van der Waals surface area contributed by atoms with Crippen molar-refractivity contribution >= 4 is 0 Å². The summed E-state index contributed by atoms with van der Waals surface area (Å²) in [6.45, 7) is 7.12. The minimum Gasteiger partial charge on any atom is -0.315 e. The maximum atomic E-state index is 3.47. The van der Waals surface area contributed by atoms with Crippen LogP contribution in [0.1, 0.15) is 32.6 Å². The molecule has 2 saturated carbocycles. The number of nitrogens with one attached hydrogen (secondary N) is 1. The van der Waals surface area contributed by atoms with E-state index in [-0.39, 0.29) is 0 Å². The number of rotatable bonds is 7. The average molecular weight is 210 g/mol. The first kappa shape index (κ1) is 11.4. The summed E-state index contributed by atoms with van der Waals surface area (Å²) in [6, 6.07) is 0. The first-order valence-corrected chi connectivity index (χ1v) is 6.72. The number of hydrogen-bond donors (Lipinski definition) is 1. The lowest BCUT2D eigenvalue weighted by molar-refractivity contribution is 0.301. The summed E-state index contributed by atoms with van der Waals surface area (Å²) in [5, 5.41) is 3.47. The van der Waals surface area contributed by atoms with Gasteiger partial charge in [0.2, 0.25) is 0 Å². The van der Waals surface area contributed by atoms with Gasteiger partial charge in [0.15, 0.2) is 0 Å².